The summed E-state index contributed by atoms with van der Waals surface area (Å²) in [4.78, 5) is 0. The monoisotopic (exact) mass is 281 g/mol. The molecular weight excluding hydrogens is 266 g/mol. The quantitative estimate of drug-likeness (QED) is 0.900. The first-order chi connectivity index (χ1) is 7.75. The lowest BCUT2D eigenvalue weighted by molar-refractivity contribution is 0.0637. The lowest BCUT2D eigenvalue weighted by Gasteiger charge is -2.26. The second-order valence-electron chi connectivity index (χ2n) is 4.09. The Morgan fingerprint density at radius 3 is 2.94 bits per heavy atom. The third kappa shape index (κ3) is 3.17. The molecule has 0 radical (unpaired) electrons. The summed E-state index contributed by atoms with van der Waals surface area (Å²) < 4.78 is 6.61. The molecule has 0 saturated carbocycles. The van der Waals surface area contributed by atoms with Crippen molar-refractivity contribution in [3.8, 4) is 0 Å². The molecule has 1 aromatic rings. The van der Waals surface area contributed by atoms with Crippen molar-refractivity contribution in [3.63, 3.8) is 0 Å². The molecule has 1 aliphatic heterocycles. The zero-order chi connectivity index (χ0) is 11.4. The van der Waals surface area contributed by atoms with Gasteiger partial charge in [0.25, 0.3) is 0 Å². The molecule has 0 bridgehead atoms. The predicted molar refractivity (Wildman–Crippen MR) is 70.4 cm³/mol. The predicted octanol–water partition coefficient (Wildman–Crippen LogP) is 2.84. The third-order valence-electron chi connectivity index (χ3n) is 2.58. The van der Waals surface area contributed by atoms with E-state index in [2.05, 4.69) is 46.4 Å². The van der Waals surface area contributed by atoms with Crippen molar-refractivity contribution in [1.82, 2.24) is 5.32 Å². The molecule has 2 rings (SSSR count). The van der Waals surface area contributed by atoms with Gasteiger partial charge in [0.05, 0.1) is 13.2 Å². The van der Waals surface area contributed by atoms with Crippen molar-refractivity contribution in [2.75, 3.05) is 13.2 Å². The van der Waals surface area contributed by atoms with Crippen LogP contribution in [0, 0.1) is 0 Å². The number of benzene rings is 1. The molecule has 0 aliphatic carbocycles. The van der Waals surface area contributed by atoms with Crippen LogP contribution in [-0.4, -0.2) is 25.3 Å². The lowest BCUT2D eigenvalue weighted by Crippen LogP contribution is -2.46. The van der Waals surface area contributed by atoms with Crippen LogP contribution in [0.4, 0.5) is 0 Å². The highest BCUT2D eigenvalue weighted by Crippen LogP contribution is 2.17. The van der Waals surface area contributed by atoms with Crippen LogP contribution in [0.25, 0.3) is 6.08 Å². The first kappa shape index (κ1) is 11.8. The third-order valence-corrected chi connectivity index (χ3v) is 3.30. The number of halogens is 1. The molecule has 2 unspecified atom stereocenters. The highest BCUT2D eigenvalue weighted by atomic mass is 79.9. The standard InChI is InChI=1S/C13H16BrNO/c1-10-8-16-9-12(15-10)7-6-11-4-2-3-5-13(11)14/h2-7,10,12,15H,8-9H2,1H3/b7-6+. The van der Waals surface area contributed by atoms with Gasteiger partial charge in [-0.1, -0.05) is 46.3 Å². The van der Waals surface area contributed by atoms with E-state index in [-0.39, 0.29) is 0 Å². The van der Waals surface area contributed by atoms with Crippen LogP contribution in [0.1, 0.15) is 12.5 Å². The van der Waals surface area contributed by atoms with E-state index < -0.39 is 0 Å². The molecule has 86 valence electrons. The van der Waals surface area contributed by atoms with Gasteiger partial charge in [0, 0.05) is 16.6 Å². The van der Waals surface area contributed by atoms with Crippen LogP contribution in [0.15, 0.2) is 34.8 Å². The summed E-state index contributed by atoms with van der Waals surface area (Å²) in [6.45, 7) is 3.70. The van der Waals surface area contributed by atoms with Gasteiger partial charge >= 0.3 is 0 Å². The fourth-order valence-electron chi connectivity index (χ4n) is 1.77. The van der Waals surface area contributed by atoms with Gasteiger partial charge in [0.2, 0.25) is 0 Å². The van der Waals surface area contributed by atoms with Crippen molar-refractivity contribution in [3.05, 3.63) is 40.4 Å². The Balaban J connectivity index is 2.01. The minimum absolute atomic E-state index is 0.316. The van der Waals surface area contributed by atoms with Crippen LogP contribution >= 0.6 is 15.9 Å². The molecule has 2 nitrogen and oxygen atoms in total. The summed E-state index contributed by atoms with van der Waals surface area (Å²) in [7, 11) is 0. The van der Waals surface area contributed by atoms with Crippen LogP contribution in [0.2, 0.25) is 0 Å². The number of hydrogen-bond donors (Lipinski definition) is 1. The topological polar surface area (TPSA) is 21.3 Å². The van der Waals surface area contributed by atoms with Crippen molar-refractivity contribution < 1.29 is 4.74 Å². The smallest absolute Gasteiger partial charge is 0.0656 e. The first-order valence-corrected chi connectivity index (χ1v) is 6.31. The molecule has 1 heterocycles. The van der Waals surface area contributed by atoms with Gasteiger partial charge in [0.1, 0.15) is 0 Å². The highest BCUT2D eigenvalue weighted by molar-refractivity contribution is 9.10. The van der Waals surface area contributed by atoms with Crippen molar-refractivity contribution in [2.24, 2.45) is 0 Å². The molecular formula is C13H16BrNO. The molecule has 1 N–H and O–H groups in total. The second-order valence-corrected chi connectivity index (χ2v) is 4.95. The molecule has 1 aliphatic rings. The maximum atomic E-state index is 5.49. The van der Waals surface area contributed by atoms with Gasteiger partial charge in [-0.3, -0.25) is 0 Å². The molecule has 1 aromatic carbocycles. The first-order valence-electron chi connectivity index (χ1n) is 5.52. The zero-order valence-electron chi connectivity index (χ0n) is 9.32. The Morgan fingerprint density at radius 2 is 2.19 bits per heavy atom. The van der Waals surface area contributed by atoms with E-state index in [0.29, 0.717) is 12.1 Å². The number of rotatable bonds is 2. The molecule has 0 aromatic heterocycles. The van der Waals surface area contributed by atoms with Crippen molar-refractivity contribution in [2.45, 2.75) is 19.0 Å². The summed E-state index contributed by atoms with van der Waals surface area (Å²) in [6, 6.07) is 8.95. The van der Waals surface area contributed by atoms with E-state index in [1.807, 2.05) is 18.2 Å². The van der Waals surface area contributed by atoms with Gasteiger partial charge in [-0.15, -0.1) is 0 Å². The van der Waals surface area contributed by atoms with Crippen LogP contribution in [-0.2, 0) is 4.74 Å². The van der Waals surface area contributed by atoms with Gasteiger partial charge in [0.15, 0.2) is 0 Å². The highest BCUT2D eigenvalue weighted by Gasteiger charge is 2.15. The van der Waals surface area contributed by atoms with E-state index in [9.17, 15) is 0 Å². The summed E-state index contributed by atoms with van der Waals surface area (Å²) in [6.07, 6.45) is 4.29. The minimum Gasteiger partial charge on any atom is -0.378 e. The molecule has 1 fully saturated rings. The molecule has 3 heteroatoms. The van der Waals surface area contributed by atoms with Crippen molar-refractivity contribution >= 4 is 22.0 Å². The minimum atomic E-state index is 0.316. The SMILES string of the molecule is CC1COCC(/C=C/c2ccccc2Br)N1. The van der Waals surface area contributed by atoms with Crippen LogP contribution in [0.3, 0.4) is 0 Å². The average Bonchev–Trinajstić information content (AvgIpc) is 2.28. The summed E-state index contributed by atoms with van der Waals surface area (Å²) >= 11 is 3.53. The molecule has 1 saturated heterocycles. The van der Waals surface area contributed by atoms with Gasteiger partial charge in [-0.2, -0.15) is 0 Å². The number of hydrogen-bond acceptors (Lipinski definition) is 2. The Labute approximate surface area is 105 Å². The van der Waals surface area contributed by atoms with E-state index >= 15 is 0 Å². The van der Waals surface area contributed by atoms with Crippen molar-refractivity contribution in [1.29, 1.82) is 0 Å². The van der Waals surface area contributed by atoms with E-state index in [0.717, 1.165) is 17.7 Å². The van der Waals surface area contributed by atoms with Gasteiger partial charge in [-0.25, -0.2) is 0 Å². The number of ether oxygens (including phenoxy) is 1. The Kier molecular flexibility index (Phi) is 4.16. The Hall–Kier alpha value is -0.640. The van der Waals surface area contributed by atoms with E-state index in [1.54, 1.807) is 0 Å². The van der Waals surface area contributed by atoms with Gasteiger partial charge in [-0.05, 0) is 18.6 Å². The molecule has 0 spiro atoms. The van der Waals surface area contributed by atoms with E-state index in [1.165, 1.54) is 5.56 Å². The number of morpholine rings is 1. The summed E-state index contributed by atoms with van der Waals surface area (Å²) in [5, 5.41) is 3.48. The molecule has 16 heavy (non-hydrogen) atoms. The second kappa shape index (κ2) is 5.62. The maximum absolute atomic E-state index is 5.49. The van der Waals surface area contributed by atoms with E-state index in [4.69, 9.17) is 4.74 Å². The maximum Gasteiger partial charge on any atom is 0.0656 e. The zero-order valence-corrected chi connectivity index (χ0v) is 10.9. The lowest BCUT2D eigenvalue weighted by atomic mass is 10.1. The normalized spacial score (nSPS) is 26.1. The largest absolute Gasteiger partial charge is 0.378 e. The average molecular weight is 282 g/mol. The summed E-state index contributed by atoms with van der Waals surface area (Å²) in [5.74, 6) is 0. The van der Waals surface area contributed by atoms with Gasteiger partial charge < -0.3 is 10.1 Å². The fourth-order valence-corrected chi connectivity index (χ4v) is 2.19. The number of nitrogens with one attached hydrogen (secondary N) is 1. The fraction of sp³-hybridized carbons (Fsp3) is 0.385. The molecule has 0 amide bonds. The summed E-state index contributed by atoms with van der Waals surface area (Å²) in [5.41, 5.74) is 1.20. The Bertz CT molecular complexity index is 378. The molecule has 2 atom stereocenters. The Morgan fingerprint density at radius 1 is 1.38 bits per heavy atom. The van der Waals surface area contributed by atoms with Crippen LogP contribution in [0.5, 0.6) is 0 Å². The van der Waals surface area contributed by atoms with Crippen LogP contribution < -0.4 is 5.32 Å².